The Balaban J connectivity index is 4.24. The second-order valence-corrected chi connectivity index (χ2v) is 4.07. The number of nitrogens with zero attached hydrogens (tertiary/aromatic N) is 1. The molecule has 2 atom stereocenters. The Hall–Kier alpha value is -1.06. The number of nitrogens with two attached hydrogens (primary N) is 1. The van der Waals surface area contributed by atoms with Crippen LogP contribution in [0.4, 0.5) is 0 Å². The van der Waals surface area contributed by atoms with Crippen LogP contribution in [0.15, 0.2) is 0 Å². The first-order valence-electron chi connectivity index (χ1n) is 5.47. The summed E-state index contributed by atoms with van der Waals surface area (Å²) in [5.74, 6) is -0.500. The Labute approximate surface area is 91.8 Å². The van der Waals surface area contributed by atoms with Crippen molar-refractivity contribution in [3.8, 4) is 0 Å². The van der Waals surface area contributed by atoms with E-state index in [1.54, 1.807) is 14.0 Å². The zero-order chi connectivity index (χ0) is 12.0. The molecule has 15 heavy (non-hydrogen) atoms. The average Bonchev–Trinajstić information content (AvgIpc) is 2.22. The fourth-order valence-electron chi connectivity index (χ4n) is 1.36. The SMILES string of the molecule is CCCC[C@H](C)C(=O)N(C)[C@H](C)C(N)=O. The van der Waals surface area contributed by atoms with Gasteiger partial charge in [0.25, 0.3) is 0 Å². The van der Waals surface area contributed by atoms with Crippen molar-refractivity contribution in [2.75, 3.05) is 7.05 Å². The van der Waals surface area contributed by atoms with E-state index in [0.717, 1.165) is 19.3 Å². The molecule has 0 bridgehead atoms. The van der Waals surface area contributed by atoms with E-state index < -0.39 is 11.9 Å². The Bertz CT molecular complexity index is 229. The molecule has 4 heteroatoms. The average molecular weight is 214 g/mol. The lowest BCUT2D eigenvalue weighted by Crippen LogP contribution is -2.45. The van der Waals surface area contributed by atoms with Crippen molar-refractivity contribution in [3.05, 3.63) is 0 Å². The van der Waals surface area contributed by atoms with Crippen molar-refractivity contribution in [2.45, 2.75) is 46.1 Å². The monoisotopic (exact) mass is 214 g/mol. The number of unbranched alkanes of at least 4 members (excludes halogenated alkanes) is 1. The molecule has 0 aliphatic rings. The Morgan fingerprint density at radius 1 is 1.33 bits per heavy atom. The van der Waals surface area contributed by atoms with E-state index >= 15 is 0 Å². The number of amides is 2. The van der Waals surface area contributed by atoms with E-state index in [2.05, 4.69) is 6.92 Å². The summed E-state index contributed by atoms with van der Waals surface area (Å²) in [4.78, 5) is 24.2. The van der Waals surface area contributed by atoms with Crippen molar-refractivity contribution in [3.63, 3.8) is 0 Å². The lowest BCUT2D eigenvalue weighted by Gasteiger charge is -2.25. The van der Waals surface area contributed by atoms with Crippen LogP contribution in [0.5, 0.6) is 0 Å². The highest BCUT2D eigenvalue weighted by Gasteiger charge is 2.23. The molecule has 0 unspecified atom stereocenters. The van der Waals surface area contributed by atoms with Gasteiger partial charge in [-0.05, 0) is 13.3 Å². The molecule has 88 valence electrons. The fraction of sp³-hybridized carbons (Fsp3) is 0.818. The summed E-state index contributed by atoms with van der Waals surface area (Å²) < 4.78 is 0. The summed E-state index contributed by atoms with van der Waals surface area (Å²) in [6, 6.07) is -0.526. The van der Waals surface area contributed by atoms with Gasteiger partial charge in [-0.2, -0.15) is 0 Å². The third-order valence-electron chi connectivity index (χ3n) is 2.75. The van der Waals surface area contributed by atoms with Crippen LogP contribution in [-0.2, 0) is 9.59 Å². The highest BCUT2D eigenvalue weighted by atomic mass is 16.2. The van der Waals surface area contributed by atoms with Crippen LogP contribution < -0.4 is 5.73 Å². The minimum Gasteiger partial charge on any atom is -0.368 e. The van der Waals surface area contributed by atoms with E-state index in [4.69, 9.17) is 5.73 Å². The van der Waals surface area contributed by atoms with Crippen LogP contribution in [-0.4, -0.2) is 29.8 Å². The van der Waals surface area contributed by atoms with Gasteiger partial charge in [-0.3, -0.25) is 9.59 Å². The van der Waals surface area contributed by atoms with Crippen LogP contribution in [0, 0.1) is 5.92 Å². The van der Waals surface area contributed by atoms with Crippen molar-refractivity contribution in [2.24, 2.45) is 11.7 Å². The molecule has 0 saturated heterocycles. The first-order chi connectivity index (χ1) is 6.91. The van der Waals surface area contributed by atoms with Gasteiger partial charge in [0.2, 0.25) is 11.8 Å². The van der Waals surface area contributed by atoms with Crippen LogP contribution in [0.1, 0.15) is 40.0 Å². The first kappa shape index (κ1) is 13.9. The summed E-state index contributed by atoms with van der Waals surface area (Å²) in [6.07, 6.45) is 2.98. The molecule has 0 saturated carbocycles. The molecule has 0 spiro atoms. The molecule has 0 aromatic heterocycles. The Kier molecular flexibility index (Phi) is 5.97. The summed E-state index contributed by atoms with van der Waals surface area (Å²) in [7, 11) is 1.63. The molecule has 2 N–H and O–H groups in total. The van der Waals surface area contributed by atoms with Gasteiger partial charge in [-0.1, -0.05) is 26.7 Å². The molecule has 2 amide bonds. The number of carbonyl (C=O) groups excluding carboxylic acids is 2. The third-order valence-corrected chi connectivity index (χ3v) is 2.75. The van der Waals surface area contributed by atoms with Crippen molar-refractivity contribution >= 4 is 11.8 Å². The number of hydrogen-bond donors (Lipinski definition) is 1. The van der Waals surface area contributed by atoms with E-state index in [1.165, 1.54) is 4.90 Å². The van der Waals surface area contributed by atoms with Gasteiger partial charge in [-0.15, -0.1) is 0 Å². The summed E-state index contributed by atoms with van der Waals surface area (Å²) >= 11 is 0. The van der Waals surface area contributed by atoms with E-state index in [-0.39, 0.29) is 11.8 Å². The molecule has 0 aromatic rings. The molecule has 0 heterocycles. The number of primary amides is 1. The molecule has 0 radical (unpaired) electrons. The summed E-state index contributed by atoms with van der Waals surface area (Å²) in [5.41, 5.74) is 5.14. The minimum atomic E-state index is -0.526. The summed E-state index contributed by atoms with van der Waals surface area (Å²) in [6.45, 7) is 5.63. The van der Waals surface area contributed by atoms with E-state index in [1.807, 2.05) is 6.92 Å². The minimum absolute atomic E-state index is 0.00486. The van der Waals surface area contributed by atoms with Gasteiger partial charge in [0.1, 0.15) is 6.04 Å². The van der Waals surface area contributed by atoms with E-state index in [9.17, 15) is 9.59 Å². The number of rotatable bonds is 6. The van der Waals surface area contributed by atoms with Crippen LogP contribution in [0.2, 0.25) is 0 Å². The predicted octanol–water partition coefficient (Wildman–Crippen LogP) is 1.14. The van der Waals surface area contributed by atoms with Crippen molar-refractivity contribution in [1.82, 2.24) is 4.90 Å². The maximum Gasteiger partial charge on any atom is 0.239 e. The normalized spacial score (nSPS) is 14.4. The first-order valence-corrected chi connectivity index (χ1v) is 5.47. The molecular formula is C11H22N2O2. The van der Waals surface area contributed by atoms with Crippen molar-refractivity contribution in [1.29, 1.82) is 0 Å². The maximum atomic E-state index is 11.8. The lowest BCUT2D eigenvalue weighted by atomic mass is 10.0. The molecule has 0 aliphatic heterocycles. The quantitative estimate of drug-likeness (QED) is 0.720. The van der Waals surface area contributed by atoms with Gasteiger partial charge in [0.15, 0.2) is 0 Å². The topological polar surface area (TPSA) is 63.4 Å². The molecule has 0 fully saturated rings. The second-order valence-electron chi connectivity index (χ2n) is 4.07. The maximum absolute atomic E-state index is 11.8. The van der Waals surface area contributed by atoms with Gasteiger partial charge in [-0.25, -0.2) is 0 Å². The lowest BCUT2D eigenvalue weighted by molar-refractivity contribution is -0.140. The zero-order valence-corrected chi connectivity index (χ0v) is 10.1. The van der Waals surface area contributed by atoms with Crippen LogP contribution >= 0.6 is 0 Å². The Morgan fingerprint density at radius 2 is 1.87 bits per heavy atom. The second kappa shape index (κ2) is 6.43. The van der Waals surface area contributed by atoms with E-state index in [0.29, 0.717) is 0 Å². The smallest absolute Gasteiger partial charge is 0.239 e. The molecule has 0 aromatic carbocycles. The number of carbonyl (C=O) groups is 2. The van der Waals surface area contributed by atoms with Gasteiger partial charge in [0, 0.05) is 13.0 Å². The van der Waals surface area contributed by atoms with Crippen molar-refractivity contribution < 1.29 is 9.59 Å². The molecular weight excluding hydrogens is 192 g/mol. The van der Waals surface area contributed by atoms with Gasteiger partial charge < -0.3 is 10.6 Å². The van der Waals surface area contributed by atoms with Gasteiger partial charge >= 0.3 is 0 Å². The largest absolute Gasteiger partial charge is 0.368 e. The third kappa shape index (κ3) is 4.32. The Morgan fingerprint density at radius 3 is 2.27 bits per heavy atom. The molecule has 0 rings (SSSR count). The fourth-order valence-corrected chi connectivity index (χ4v) is 1.36. The number of likely N-dealkylation sites (N-methyl/N-ethyl adjacent to an activating group) is 1. The highest BCUT2D eigenvalue weighted by molar-refractivity contribution is 5.86. The zero-order valence-electron chi connectivity index (χ0n) is 10.1. The summed E-state index contributed by atoms with van der Waals surface area (Å²) in [5, 5.41) is 0. The molecule has 0 aliphatic carbocycles. The number of hydrogen-bond acceptors (Lipinski definition) is 2. The highest BCUT2D eigenvalue weighted by Crippen LogP contribution is 2.12. The molecule has 4 nitrogen and oxygen atoms in total. The van der Waals surface area contributed by atoms with Crippen LogP contribution in [0.25, 0.3) is 0 Å². The predicted molar refractivity (Wildman–Crippen MR) is 60.1 cm³/mol. The van der Waals surface area contributed by atoms with Crippen LogP contribution in [0.3, 0.4) is 0 Å². The van der Waals surface area contributed by atoms with Gasteiger partial charge in [0.05, 0.1) is 0 Å². The standard InChI is InChI=1S/C11H22N2O2/c1-5-6-7-8(2)11(15)13(4)9(3)10(12)14/h8-9H,5-7H2,1-4H3,(H2,12,14)/t8-,9+/m0/s1.